The molecule has 0 saturated heterocycles. The Morgan fingerprint density at radius 3 is 2.84 bits per heavy atom. The van der Waals surface area contributed by atoms with E-state index in [0.717, 1.165) is 17.1 Å². The number of nitrogens with one attached hydrogen (secondary N) is 1. The Morgan fingerprint density at radius 1 is 1.36 bits per heavy atom. The van der Waals surface area contributed by atoms with Gasteiger partial charge in [0.05, 0.1) is 18.4 Å². The number of rotatable bonds is 8. The molecule has 2 aromatic rings. The molecule has 0 saturated carbocycles. The lowest BCUT2D eigenvalue weighted by Gasteiger charge is -2.22. The van der Waals surface area contributed by atoms with Crippen molar-refractivity contribution in [3.8, 4) is 12.3 Å². The van der Waals surface area contributed by atoms with Crippen LogP contribution >= 0.6 is 0 Å². The fourth-order valence-corrected chi connectivity index (χ4v) is 2.65. The number of hydrogen-bond donors (Lipinski definition) is 1. The van der Waals surface area contributed by atoms with Crippen molar-refractivity contribution in [2.24, 2.45) is 10.2 Å². The Morgan fingerprint density at radius 2 is 2.20 bits per heavy atom. The fraction of sp³-hybridized carbons (Fsp3) is 0.389. The van der Waals surface area contributed by atoms with E-state index in [0.29, 0.717) is 32.2 Å². The molecular weight excluding hydrogens is 316 g/mol. The summed E-state index contributed by atoms with van der Waals surface area (Å²) in [7, 11) is 0. The van der Waals surface area contributed by atoms with Gasteiger partial charge in [0.1, 0.15) is 5.82 Å². The van der Waals surface area contributed by atoms with Crippen molar-refractivity contribution in [2.75, 3.05) is 4.90 Å². The molecule has 0 spiro atoms. The van der Waals surface area contributed by atoms with Crippen LogP contribution in [0.3, 0.4) is 0 Å². The number of anilines is 1. The number of carbonyl (C=O) groups is 1. The molecule has 0 aromatic carbocycles. The number of carbonyl (C=O) groups excluding carboxylic acids is 1. The van der Waals surface area contributed by atoms with Crippen molar-refractivity contribution in [2.45, 2.75) is 44.8 Å². The van der Waals surface area contributed by atoms with Crippen LogP contribution in [-0.4, -0.2) is 26.5 Å². The van der Waals surface area contributed by atoms with Gasteiger partial charge in [-0.05, 0) is 18.6 Å². The van der Waals surface area contributed by atoms with Gasteiger partial charge in [0.2, 0.25) is 5.91 Å². The zero-order chi connectivity index (χ0) is 17.7. The maximum absolute atomic E-state index is 12.9. The van der Waals surface area contributed by atoms with Crippen LogP contribution in [0, 0.1) is 19.3 Å². The topological polar surface area (TPSA) is 86.6 Å². The summed E-state index contributed by atoms with van der Waals surface area (Å²) in [5.41, 5.74) is 1.29. The first-order chi connectivity index (χ1) is 12.1. The second-order valence-corrected chi connectivity index (χ2v) is 6.12. The summed E-state index contributed by atoms with van der Waals surface area (Å²) in [5, 5.41) is 8.19. The number of pyridine rings is 1. The lowest BCUT2D eigenvalue weighted by Crippen LogP contribution is -2.32. The minimum absolute atomic E-state index is 0.0128. The third kappa shape index (κ3) is 4.29. The standard InChI is InChI=1S/C18H20N6O/c1-3-4-6-18(22-23-18)7-5-17(25)24(13-16-20-8-9-21-16)15-10-14(2)11-19-12-15/h1,8-12H,4-7,13H2,2H3,(H,20,21). The highest BCUT2D eigenvalue weighted by atomic mass is 16.2. The zero-order valence-electron chi connectivity index (χ0n) is 14.1. The van der Waals surface area contributed by atoms with Gasteiger partial charge in [0.25, 0.3) is 0 Å². The Kier molecular flexibility index (Phi) is 4.89. The Balaban J connectivity index is 1.70. The average Bonchev–Trinajstić information content (AvgIpc) is 3.19. The lowest BCUT2D eigenvalue weighted by molar-refractivity contribution is -0.119. The van der Waals surface area contributed by atoms with Crippen LogP contribution < -0.4 is 4.90 Å². The molecule has 0 fully saturated rings. The second-order valence-electron chi connectivity index (χ2n) is 6.12. The number of imidazole rings is 1. The van der Waals surface area contributed by atoms with E-state index in [1.165, 1.54) is 0 Å². The molecular formula is C18H20N6O. The van der Waals surface area contributed by atoms with E-state index in [4.69, 9.17) is 6.42 Å². The van der Waals surface area contributed by atoms with Crippen molar-refractivity contribution in [3.05, 3.63) is 42.2 Å². The van der Waals surface area contributed by atoms with Crippen molar-refractivity contribution in [3.63, 3.8) is 0 Å². The lowest BCUT2D eigenvalue weighted by atomic mass is 10.0. The molecule has 0 atom stereocenters. The molecule has 7 heteroatoms. The van der Waals surface area contributed by atoms with Crippen molar-refractivity contribution in [1.82, 2.24) is 15.0 Å². The Bertz CT molecular complexity index is 799. The number of amides is 1. The van der Waals surface area contributed by atoms with Crippen molar-refractivity contribution in [1.29, 1.82) is 0 Å². The summed E-state index contributed by atoms with van der Waals surface area (Å²) in [6, 6.07) is 1.94. The van der Waals surface area contributed by atoms with Gasteiger partial charge >= 0.3 is 0 Å². The number of terminal acetylenes is 1. The number of H-pyrrole nitrogens is 1. The van der Waals surface area contributed by atoms with Gasteiger partial charge in [-0.3, -0.25) is 9.78 Å². The summed E-state index contributed by atoms with van der Waals surface area (Å²) in [6.07, 6.45) is 14.4. The molecule has 1 aliphatic rings. The van der Waals surface area contributed by atoms with Crippen LogP contribution in [0.2, 0.25) is 0 Å². The van der Waals surface area contributed by atoms with E-state index in [1.807, 2.05) is 13.0 Å². The number of aryl methyl sites for hydroxylation is 1. The van der Waals surface area contributed by atoms with Crippen molar-refractivity contribution < 1.29 is 4.79 Å². The summed E-state index contributed by atoms with van der Waals surface area (Å²) in [5.74, 6) is 3.31. The molecule has 2 aromatic heterocycles. The molecule has 0 unspecified atom stereocenters. The number of nitrogens with zero attached hydrogens (tertiary/aromatic N) is 5. The Hall–Kier alpha value is -3.01. The van der Waals surface area contributed by atoms with E-state index >= 15 is 0 Å². The van der Waals surface area contributed by atoms with Gasteiger partial charge in [-0.15, -0.1) is 12.3 Å². The van der Waals surface area contributed by atoms with Crippen LogP contribution in [0.1, 0.15) is 37.1 Å². The summed E-state index contributed by atoms with van der Waals surface area (Å²) < 4.78 is 0. The normalized spacial score (nSPS) is 14.1. The van der Waals surface area contributed by atoms with Gasteiger partial charge in [-0.25, -0.2) is 4.98 Å². The van der Waals surface area contributed by atoms with Gasteiger partial charge in [0, 0.05) is 44.3 Å². The number of aromatic amines is 1. The molecule has 0 radical (unpaired) electrons. The molecule has 25 heavy (non-hydrogen) atoms. The molecule has 128 valence electrons. The van der Waals surface area contributed by atoms with Crippen LogP contribution in [0.15, 0.2) is 41.1 Å². The van der Waals surface area contributed by atoms with Gasteiger partial charge in [-0.1, -0.05) is 0 Å². The van der Waals surface area contributed by atoms with E-state index in [2.05, 4.69) is 31.1 Å². The highest BCUT2D eigenvalue weighted by Crippen LogP contribution is 2.38. The van der Waals surface area contributed by atoms with E-state index in [9.17, 15) is 4.79 Å². The Labute approximate surface area is 146 Å². The van der Waals surface area contributed by atoms with Crippen LogP contribution in [0.5, 0.6) is 0 Å². The average molecular weight is 336 g/mol. The molecule has 1 aliphatic heterocycles. The van der Waals surface area contributed by atoms with Crippen molar-refractivity contribution >= 4 is 11.6 Å². The first-order valence-corrected chi connectivity index (χ1v) is 8.20. The number of aromatic nitrogens is 3. The van der Waals surface area contributed by atoms with Crippen LogP contribution in [0.4, 0.5) is 5.69 Å². The highest BCUT2D eigenvalue weighted by Gasteiger charge is 2.39. The molecule has 7 nitrogen and oxygen atoms in total. The number of hydrogen-bond acceptors (Lipinski definition) is 5. The highest BCUT2D eigenvalue weighted by molar-refractivity contribution is 5.93. The molecule has 1 N–H and O–H groups in total. The summed E-state index contributed by atoms with van der Waals surface area (Å²) in [4.78, 5) is 26.0. The molecule has 1 amide bonds. The maximum Gasteiger partial charge on any atom is 0.227 e. The minimum Gasteiger partial charge on any atom is -0.347 e. The van der Waals surface area contributed by atoms with E-state index in [-0.39, 0.29) is 5.91 Å². The largest absolute Gasteiger partial charge is 0.347 e. The molecule has 0 bridgehead atoms. The van der Waals surface area contributed by atoms with Gasteiger partial charge in [-0.2, -0.15) is 10.2 Å². The first-order valence-electron chi connectivity index (χ1n) is 8.20. The molecule has 3 rings (SSSR count). The predicted molar refractivity (Wildman–Crippen MR) is 93.6 cm³/mol. The smallest absolute Gasteiger partial charge is 0.227 e. The monoisotopic (exact) mass is 336 g/mol. The third-order valence-electron chi connectivity index (χ3n) is 4.13. The van der Waals surface area contributed by atoms with Crippen LogP contribution in [0.25, 0.3) is 0 Å². The predicted octanol–water partition coefficient (Wildman–Crippen LogP) is 3.00. The molecule has 0 aliphatic carbocycles. The molecule has 3 heterocycles. The second kappa shape index (κ2) is 7.26. The van der Waals surface area contributed by atoms with Crippen LogP contribution in [-0.2, 0) is 11.3 Å². The third-order valence-corrected chi connectivity index (χ3v) is 4.13. The summed E-state index contributed by atoms with van der Waals surface area (Å²) >= 11 is 0. The maximum atomic E-state index is 12.9. The summed E-state index contributed by atoms with van der Waals surface area (Å²) in [6.45, 7) is 2.31. The van der Waals surface area contributed by atoms with E-state index in [1.54, 1.807) is 29.7 Å². The fourth-order valence-electron chi connectivity index (χ4n) is 2.65. The van der Waals surface area contributed by atoms with E-state index < -0.39 is 5.66 Å². The van der Waals surface area contributed by atoms with Gasteiger partial charge in [0.15, 0.2) is 5.66 Å². The first kappa shape index (κ1) is 16.8. The zero-order valence-corrected chi connectivity index (χ0v) is 14.1. The minimum atomic E-state index is -0.455. The SMILES string of the molecule is C#CCCC1(CCC(=O)N(Cc2ncc[nH]2)c2cncc(C)c2)N=N1. The van der Waals surface area contributed by atoms with Gasteiger partial charge < -0.3 is 9.88 Å². The quantitative estimate of drug-likeness (QED) is 0.752.